The number of hydrogen-bond acceptors (Lipinski definition) is 3. The number of benzene rings is 7. The third kappa shape index (κ3) is 10.2. The summed E-state index contributed by atoms with van der Waals surface area (Å²) in [6.07, 6.45) is 1.85. The zero-order chi connectivity index (χ0) is 55.1. The quantitative estimate of drug-likeness (QED) is 0.147. The molecule has 0 atom stereocenters. The first kappa shape index (κ1) is 45.5. The van der Waals surface area contributed by atoms with Gasteiger partial charge in [-0.25, -0.2) is 4.98 Å². The fraction of sp³-hybridized carbons (Fsp3) is 0.284. The molecule has 0 unspecified atom stereocenters. The predicted molar refractivity (Wildman–Crippen MR) is 301 cm³/mol. The smallest absolute Gasteiger partial charge is 0.148 e. The molecule has 7 aromatic carbocycles. The van der Waals surface area contributed by atoms with Crippen LogP contribution in [0.3, 0.4) is 0 Å². The van der Waals surface area contributed by atoms with Gasteiger partial charge in [0, 0.05) is 45.4 Å². The molecule has 0 saturated heterocycles. The molecular weight excluding hydrogens is 1060 g/mol. The Hall–Kier alpha value is -6.35. The van der Waals surface area contributed by atoms with Gasteiger partial charge in [0.15, 0.2) is 0 Å². The van der Waals surface area contributed by atoms with E-state index in [9.17, 15) is 12.0 Å². The average Bonchev–Trinajstić information content (AvgIpc) is 3.83. The number of rotatable bonds is 9. The zero-order valence-electron chi connectivity index (χ0n) is 49.0. The van der Waals surface area contributed by atoms with Crippen LogP contribution in [0, 0.1) is 12.9 Å². The van der Waals surface area contributed by atoms with E-state index in [0.717, 1.165) is 61.3 Å². The summed E-state index contributed by atoms with van der Waals surface area (Å²) >= 11 is 0. The summed E-state index contributed by atoms with van der Waals surface area (Å²) in [4.78, 5) is 10.5. The number of aromatic hydroxyl groups is 1. The molecule has 9 rings (SSSR count). The molecule has 0 aliphatic rings. The number of para-hydroxylation sites is 1. The first-order valence-corrected chi connectivity index (χ1v) is 24.8. The maximum absolute atomic E-state index is 12.6. The number of phenols is 1. The van der Waals surface area contributed by atoms with Gasteiger partial charge >= 0.3 is 0 Å². The van der Waals surface area contributed by atoms with Crippen LogP contribution in [0.2, 0.25) is 0 Å². The molecule has 2 aromatic heterocycles. The molecule has 1 N–H and O–H groups in total. The van der Waals surface area contributed by atoms with Crippen LogP contribution in [0.4, 0.5) is 0 Å². The molecule has 9 aromatic rings. The van der Waals surface area contributed by atoms with E-state index in [1.165, 1.54) is 0 Å². The van der Waals surface area contributed by atoms with E-state index in [-0.39, 0.29) is 43.2 Å². The maximum atomic E-state index is 12.6. The standard InChI is InChI=1S/C67H70N3O.Pt/c1-41(2)53-22-18-23-54(42(3)4)61(53)48-30-31-59(43(5)34-48)70-60-25-19-24-55(62(60)69-64(70)56-39-52(66(9,10)11)40-57(63(56)71)67(12,13)14)49-35-50(37-51(36-49)65(6,7)8)58-38-47(32-33-68-58)46-28-26-45(27-29-46)44-20-16-15-17-21-44;/h15-34,36-42,71H,1-14H3;/q-1;/i5D3,41D,42D;. The number of nitrogens with zero attached hydrogens (tertiary/aromatic N) is 3. The Labute approximate surface area is 451 Å². The first-order valence-electron chi connectivity index (χ1n) is 27.3. The molecule has 0 spiro atoms. The summed E-state index contributed by atoms with van der Waals surface area (Å²) in [7, 11) is 0. The summed E-state index contributed by atoms with van der Waals surface area (Å²) in [6.45, 7) is 23.9. The van der Waals surface area contributed by atoms with Crippen molar-refractivity contribution >= 4 is 11.0 Å². The fourth-order valence-electron chi connectivity index (χ4n) is 9.66. The molecular formula is C67H70N3OPt-. The third-order valence-electron chi connectivity index (χ3n) is 13.8. The zero-order valence-corrected chi connectivity index (χ0v) is 46.3. The minimum absolute atomic E-state index is 0. The SMILES string of the molecule is [2H]C([2H])([2H])c1cc(-c2c(C([2H])(C)C)cccc2C([2H])(C)C)ccc1-n1c(-c2cc(C(C)(C)C)cc(C(C)(C)C)c2O)nc2c(-c3[c-]c(-c4cc(-c5ccc(-c6ccccc6)cc5)ccn4)cc(C(C)(C)C)c3)cccc21.[Pt]. The van der Waals surface area contributed by atoms with E-state index in [1.807, 2.05) is 117 Å². The molecule has 0 aliphatic carbocycles. The van der Waals surface area contributed by atoms with E-state index in [0.29, 0.717) is 50.4 Å². The first-order chi connectivity index (χ1) is 35.4. The molecule has 0 bridgehead atoms. The predicted octanol–water partition coefficient (Wildman–Crippen LogP) is 18.4. The van der Waals surface area contributed by atoms with Gasteiger partial charge in [0.25, 0.3) is 0 Å². The minimum atomic E-state index is -2.64. The Balaban J connectivity index is 0.00000784. The molecule has 2 heterocycles. The van der Waals surface area contributed by atoms with Crippen molar-refractivity contribution in [3.63, 3.8) is 0 Å². The van der Waals surface area contributed by atoms with Gasteiger partial charge in [-0.1, -0.05) is 204 Å². The van der Waals surface area contributed by atoms with E-state index in [2.05, 4.69) is 129 Å². The largest absolute Gasteiger partial charge is 0.507 e. The Bertz CT molecular complexity index is 3620. The second-order valence-electron chi connectivity index (χ2n) is 22.6. The number of phenolic OH excluding ortho intramolecular Hbond substituents is 1. The topological polar surface area (TPSA) is 50.9 Å². The summed E-state index contributed by atoms with van der Waals surface area (Å²) < 4.78 is 48.0. The van der Waals surface area contributed by atoms with Crippen molar-refractivity contribution in [1.82, 2.24) is 14.5 Å². The molecule has 4 nitrogen and oxygen atoms in total. The summed E-state index contributed by atoms with van der Waals surface area (Å²) in [6, 6.07) is 52.4. The summed E-state index contributed by atoms with van der Waals surface area (Å²) in [5, 5.41) is 12.6. The van der Waals surface area contributed by atoms with E-state index in [4.69, 9.17) is 9.97 Å². The van der Waals surface area contributed by atoms with Gasteiger partial charge in [-0.15, -0.1) is 29.3 Å². The van der Waals surface area contributed by atoms with Crippen LogP contribution in [0.1, 0.15) is 142 Å². The molecule has 370 valence electrons. The Morgan fingerprint density at radius 2 is 1.15 bits per heavy atom. The molecule has 0 aliphatic heterocycles. The second-order valence-corrected chi connectivity index (χ2v) is 22.6. The van der Waals surface area contributed by atoms with Crippen LogP contribution in [-0.4, -0.2) is 19.6 Å². The van der Waals surface area contributed by atoms with Gasteiger partial charge in [0.05, 0.1) is 22.3 Å². The molecule has 0 radical (unpaired) electrons. The van der Waals surface area contributed by atoms with Crippen molar-refractivity contribution in [2.75, 3.05) is 0 Å². The average molecular weight is 1130 g/mol. The number of hydrogen-bond donors (Lipinski definition) is 1. The van der Waals surface area contributed by atoms with Gasteiger partial charge < -0.3 is 5.11 Å². The Morgan fingerprint density at radius 1 is 0.569 bits per heavy atom. The monoisotopic (exact) mass is 1130 g/mol. The van der Waals surface area contributed by atoms with Crippen molar-refractivity contribution in [2.24, 2.45) is 0 Å². The minimum Gasteiger partial charge on any atom is -0.507 e. The van der Waals surface area contributed by atoms with Crippen LogP contribution < -0.4 is 0 Å². The number of pyridine rings is 1. The van der Waals surface area contributed by atoms with Gasteiger partial charge in [-0.2, -0.15) is 0 Å². The third-order valence-corrected chi connectivity index (χ3v) is 13.8. The van der Waals surface area contributed by atoms with Crippen molar-refractivity contribution in [3.05, 3.63) is 191 Å². The molecule has 0 amide bonds. The Kier molecular flexibility index (Phi) is 12.6. The van der Waals surface area contributed by atoms with E-state index in [1.54, 1.807) is 6.07 Å². The van der Waals surface area contributed by atoms with Crippen LogP contribution in [0.5, 0.6) is 5.75 Å². The summed E-state index contributed by atoms with van der Waals surface area (Å²) in [5.74, 6) is -1.66. The number of fused-ring (bicyclic) bond motifs is 1. The molecule has 5 heteroatoms. The number of aromatic nitrogens is 3. The van der Waals surface area contributed by atoms with E-state index >= 15 is 0 Å². The molecule has 0 fully saturated rings. The van der Waals surface area contributed by atoms with Crippen LogP contribution in [0.25, 0.3) is 83.9 Å². The van der Waals surface area contributed by atoms with Crippen LogP contribution >= 0.6 is 0 Å². The molecule has 0 saturated carbocycles. The van der Waals surface area contributed by atoms with Crippen molar-refractivity contribution in [3.8, 4) is 78.6 Å². The van der Waals surface area contributed by atoms with Crippen molar-refractivity contribution < 1.29 is 33.0 Å². The van der Waals surface area contributed by atoms with Crippen molar-refractivity contribution in [1.29, 1.82) is 0 Å². The second kappa shape index (κ2) is 19.9. The van der Waals surface area contributed by atoms with E-state index < -0.39 is 24.1 Å². The number of aryl methyl sites for hydroxylation is 1. The fourth-order valence-corrected chi connectivity index (χ4v) is 9.66. The van der Waals surface area contributed by atoms with Crippen LogP contribution in [0.15, 0.2) is 152 Å². The van der Waals surface area contributed by atoms with Gasteiger partial charge in [-0.05, 0) is 121 Å². The number of imidazole rings is 1. The molecule has 72 heavy (non-hydrogen) atoms. The summed E-state index contributed by atoms with van der Waals surface area (Å²) in [5.41, 5.74) is 14.1. The van der Waals surface area contributed by atoms with Gasteiger partial charge in [-0.3, -0.25) is 9.55 Å². The normalized spacial score (nSPS) is 13.7. The van der Waals surface area contributed by atoms with Gasteiger partial charge in [0.2, 0.25) is 0 Å². The Morgan fingerprint density at radius 3 is 1.76 bits per heavy atom. The van der Waals surface area contributed by atoms with Crippen LogP contribution in [-0.2, 0) is 37.3 Å². The van der Waals surface area contributed by atoms with Gasteiger partial charge in [0.1, 0.15) is 11.6 Å². The van der Waals surface area contributed by atoms with Crippen molar-refractivity contribution in [2.45, 2.75) is 125 Å². The maximum Gasteiger partial charge on any atom is 0.148 e.